The summed E-state index contributed by atoms with van der Waals surface area (Å²) < 4.78 is 0. The van der Waals surface area contributed by atoms with Gasteiger partial charge in [-0.05, 0) is 45.9 Å². The van der Waals surface area contributed by atoms with Gasteiger partial charge in [-0.3, -0.25) is 9.80 Å². The molecule has 21 heavy (non-hydrogen) atoms. The first-order chi connectivity index (χ1) is 10.1. The molecule has 0 radical (unpaired) electrons. The number of hydrogen-bond acceptors (Lipinski definition) is 5. The van der Waals surface area contributed by atoms with Crippen molar-refractivity contribution >= 4 is 0 Å². The van der Waals surface area contributed by atoms with E-state index in [1.807, 2.05) is 0 Å². The second-order valence-electron chi connectivity index (χ2n) is 7.49. The van der Waals surface area contributed by atoms with Crippen molar-refractivity contribution in [3.05, 3.63) is 0 Å². The first kappa shape index (κ1) is 15.7. The topological polar surface area (TPSA) is 39.0 Å². The van der Waals surface area contributed by atoms with Gasteiger partial charge in [-0.15, -0.1) is 0 Å². The van der Waals surface area contributed by atoms with E-state index in [0.717, 1.165) is 12.5 Å². The molecular weight excluding hydrogens is 262 g/mol. The number of nitrogens with zero attached hydrogens (tertiary/aromatic N) is 4. The highest BCUT2D eigenvalue weighted by Gasteiger charge is 2.49. The van der Waals surface area contributed by atoms with E-state index in [1.54, 1.807) is 0 Å². The van der Waals surface area contributed by atoms with Crippen molar-refractivity contribution in [3.8, 4) is 0 Å². The number of piperazine rings is 1. The summed E-state index contributed by atoms with van der Waals surface area (Å²) in [5, 5.41) is 0. The third kappa shape index (κ3) is 3.13. The number of nitrogens with two attached hydrogens (primary N) is 1. The average Bonchev–Trinajstić information content (AvgIpc) is 2.54. The fraction of sp³-hybridized carbons (Fsp3) is 1.00. The summed E-state index contributed by atoms with van der Waals surface area (Å²) in [6, 6.07) is 0. The Morgan fingerprint density at radius 2 is 1.71 bits per heavy atom. The highest BCUT2D eigenvalue weighted by atomic mass is 15.3. The van der Waals surface area contributed by atoms with Gasteiger partial charge in [0.25, 0.3) is 0 Å². The molecule has 5 nitrogen and oxygen atoms in total. The Labute approximate surface area is 130 Å². The quantitative estimate of drug-likeness (QED) is 0.746. The minimum absolute atomic E-state index is 0.282. The summed E-state index contributed by atoms with van der Waals surface area (Å²) in [4.78, 5) is 10.3. The largest absolute Gasteiger partial charge is 0.329 e. The van der Waals surface area contributed by atoms with Gasteiger partial charge in [-0.25, -0.2) is 0 Å². The highest BCUT2D eigenvalue weighted by Crippen LogP contribution is 2.39. The van der Waals surface area contributed by atoms with Crippen LogP contribution in [0.5, 0.6) is 0 Å². The van der Waals surface area contributed by atoms with E-state index in [0.29, 0.717) is 0 Å². The zero-order valence-electron chi connectivity index (χ0n) is 13.9. The molecule has 4 heterocycles. The van der Waals surface area contributed by atoms with Gasteiger partial charge < -0.3 is 15.5 Å². The lowest BCUT2D eigenvalue weighted by molar-refractivity contribution is -0.0824. The summed E-state index contributed by atoms with van der Waals surface area (Å²) in [6.45, 7) is 11.8. The number of rotatable bonds is 5. The van der Waals surface area contributed by atoms with E-state index in [2.05, 4.69) is 33.7 Å². The molecule has 2 bridgehead atoms. The van der Waals surface area contributed by atoms with Crippen molar-refractivity contribution in [1.82, 2.24) is 19.6 Å². The van der Waals surface area contributed by atoms with Crippen LogP contribution in [0.1, 0.15) is 12.8 Å². The van der Waals surface area contributed by atoms with Gasteiger partial charge in [0.05, 0.1) is 0 Å². The van der Waals surface area contributed by atoms with Crippen molar-refractivity contribution in [2.75, 3.05) is 79.5 Å². The molecule has 0 saturated carbocycles. The Balaban J connectivity index is 1.57. The minimum atomic E-state index is 0.282. The lowest BCUT2D eigenvalue weighted by Gasteiger charge is -2.59. The smallest absolute Gasteiger partial charge is 0.0488 e. The van der Waals surface area contributed by atoms with E-state index in [4.69, 9.17) is 5.73 Å². The second-order valence-corrected chi connectivity index (χ2v) is 7.49. The summed E-state index contributed by atoms with van der Waals surface area (Å²) in [5.41, 5.74) is 6.58. The van der Waals surface area contributed by atoms with Crippen LogP contribution >= 0.6 is 0 Å². The lowest BCUT2D eigenvalue weighted by Crippen LogP contribution is -2.72. The Morgan fingerprint density at radius 1 is 1.05 bits per heavy atom. The maximum atomic E-state index is 6.30. The van der Waals surface area contributed by atoms with Crippen molar-refractivity contribution in [1.29, 1.82) is 0 Å². The number of hydrogen-bond donors (Lipinski definition) is 1. The van der Waals surface area contributed by atoms with Crippen LogP contribution in [0.3, 0.4) is 0 Å². The summed E-state index contributed by atoms with van der Waals surface area (Å²) in [5.74, 6) is 0.834. The Bertz CT molecular complexity index is 332. The maximum absolute atomic E-state index is 6.30. The van der Waals surface area contributed by atoms with Crippen molar-refractivity contribution < 1.29 is 0 Å². The van der Waals surface area contributed by atoms with E-state index in [1.165, 1.54) is 71.7 Å². The Hall–Kier alpha value is -0.200. The maximum Gasteiger partial charge on any atom is 0.0488 e. The third-order valence-corrected chi connectivity index (χ3v) is 6.06. The fourth-order valence-electron chi connectivity index (χ4n) is 4.62. The van der Waals surface area contributed by atoms with Crippen molar-refractivity contribution in [3.63, 3.8) is 0 Å². The predicted molar refractivity (Wildman–Crippen MR) is 87.5 cm³/mol. The standard InChI is InChI=1S/C16H33N5/c1-18(2)7-8-19-9-11-21(12-10-19)16(13-17)14-20-5-3-15(16)4-6-20/h15H,3-14,17H2,1-2H3. The molecule has 4 rings (SSSR count). The van der Waals surface area contributed by atoms with Gasteiger partial charge in [-0.1, -0.05) is 0 Å². The van der Waals surface area contributed by atoms with Gasteiger partial charge in [0.1, 0.15) is 0 Å². The summed E-state index contributed by atoms with van der Waals surface area (Å²) in [6.07, 6.45) is 2.72. The number of likely N-dealkylation sites (N-methyl/N-ethyl adjacent to an activating group) is 1. The molecule has 0 aromatic carbocycles. The molecule has 0 aliphatic carbocycles. The van der Waals surface area contributed by atoms with Crippen molar-refractivity contribution in [2.24, 2.45) is 11.7 Å². The van der Waals surface area contributed by atoms with E-state index < -0.39 is 0 Å². The highest BCUT2D eigenvalue weighted by molar-refractivity contribution is 5.07. The molecule has 1 atom stereocenters. The molecule has 0 amide bonds. The van der Waals surface area contributed by atoms with Crippen LogP contribution in [0, 0.1) is 5.92 Å². The minimum Gasteiger partial charge on any atom is -0.329 e. The van der Waals surface area contributed by atoms with Crippen molar-refractivity contribution in [2.45, 2.75) is 18.4 Å². The van der Waals surface area contributed by atoms with Crippen LogP contribution in [-0.4, -0.2) is 105 Å². The molecule has 5 heteroatoms. The monoisotopic (exact) mass is 295 g/mol. The SMILES string of the molecule is CN(C)CCN1CCN(C2(CN)CN3CCC2CC3)CC1. The van der Waals surface area contributed by atoms with Crippen LogP contribution in [0.15, 0.2) is 0 Å². The van der Waals surface area contributed by atoms with Crippen LogP contribution in [0.4, 0.5) is 0 Å². The van der Waals surface area contributed by atoms with Gasteiger partial charge in [0, 0.05) is 57.9 Å². The van der Waals surface area contributed by atoms with Crippen LogP contribution < -0.4 is 5.73 Å². The van der Waals surface area contributed by atoms with E-state index >= 15 is 0 Å². The first-order valence-electron chi connectivity index (χ1n) is 8.68. The molecular formula is C16H33N5. The number of fused-ring (bicyclic) bond motifs is 3. The molecule has 122 valence electrons. The molecule has 2 N–H and O–H groups in total. The summed E-state index contributed by atoms with van der Waals surface area (Å²) >= 11 is 0. The van der Waals surface area contributed by atoms with E-state index in [9.17, 15) is 0 Å². The summed E-state index contributed by atoms with van der Waals surface area (Å²) in [7, 11) is 4.32. The van der Waals surface area contributed by atoms with Gasteiger partial charge >= 0.3 is 0 Å². The molecule has 4 aliphatic rings. The molecule has 0 aromatic heterocycles. The molecule has 4 fully saturated rings. The van der Waals surface area contributed by atoms with E-state index in [-0.39, 0.29) is 5.54 Å². The number of piperidine rings is 3. The van der Waals surface area contributed by atoms with Gasteiger partial charge in [-0.2, -0.15) is 0 Å². The van der Waals surface area contributed by atoms with Crippen LogP contribution in [0.25, 0.3) is 0 Å². The Kier molecular flexibility index (Phi) is 4.86. The first-order valence-corrected chi connectivity index (χ1v) is 8.68. The van der Waals surface area contributed by atoms with Crippen LogP contribution in [0.2, 0.25) is 0 Å². The molecule has 4 saturated heterocycles. The van der Waals surface area contributed by atoms with Gasteiger partial charge in [0.15, 0.2) is 0 Å². The lowest BCUT2D eigenvalue weighted by atomic mass is 9.71. The normalized spacial score (nSPS) is 38.3. The Morgan fingerprint density at radius 3 is 2.19 bits per heavy atom. The second kappa shape index (κ2) is 6.50. The molecule has 0 aromatic rings. The van der Waals surface area contributed by atoms with Gasteiger partial charge in [0.2, 0.25) is 0 Å². The third-order valence-electron chi connectivity index (χ3n) is 6.06. The zero-order valence-corrected chi connectivity index (χ0v) is 13.9. The average molecular weight is 295 g/mol. The van der Waals surface area contributed by atoms with Crippen LogP contribution in [-0.2, 0) is 0 Å². The molecule has 1 unspecified atom stereocenters. The molecule has 0 spiro atoms. The molecule has 4 aliphatic heterocycles. The predicted octanol–water partition coefficient (Wildman–Crippen LogP) is -0.411. The fourth-order valence-corrected chi connectivity index (χ4v) is 4.62. The zero-order chi connectivity index (χ0) is 14.9.